The van der Waals surface area contributed by atoms with E-state index in [-0.39, 0.29) is 29.5 Å². The van der Waals surface area contributed by atoms with Crippen LogP contribution in [0.2, 0.25) is 0 Å². The van der Waals surface area contributed by atoms with Crippen molar-refractivity contribution < 1.29 is 38.2 Å². The van der Waals surface area contributed by atoms with Gasteiger partial charge in [0.1, 0.15) is 23.0 Å². The number of nitrogens with zero attached hydrogens (tertiary/aromatic N) is 3. The zero-order chi connectivity index (χ0) is 38.5. The second-order valence-electron chi connectivity index (χ2n) is 14.0. The molecule has 12 nitrogen and oxygen atoms in total. The van der Waals surface area contributed by atoms with Crippen LogP contribution in [-0.2, 0) is 15.0 Å². The highest BCUT2D eigenvalue weighted by Gasteiger charge is 2.48. The summed E-state index contributed by atoms with van der Waals surface area (Å²) in [6.45, 7) is 7.94. The molecule has 0 spiro atoms. The number of carbonyl (C=O) groups is 6. The van der Waals surface area contributed by atoms with Crippen molar-refractivity contribution >= 4 is 35.4 Å². The van der Waals surface area contributed by atoms with Crippen LogP contribution in [-0.4, -0.2) is 69.4 Å². The first-order valence-electron chi connectivity index (χ1n) is 17.6. The smallest absolute Gasteiger partial charge is 0.268 e. The fourth-order valence-electron chi connectivity index (χ4n) is 7.11. The monoisotopic (exact) mass is 726 g/mol. The van der Waals surface area contributed by atoms with Crippen molar-refractivity contribution in [3.05, 3.63) is 130 Å². The normalized spacial score (nSPS) is 15.5. The van der Waals surface area contributed by atoms with Gasteiger partial charge in [0.05, 0.1) is 27.8 Å². The minimum absolute atomic E-state index is 0.0230. The molecular weight excluding hydrogens is 688 g/mol. The van der Waals surface area contributed by atoms with E-state index in [0.29, 0.717) is 47.0 Å². The lowest BCUT2D eigenvalue weighted by molar-refractivity contribution is -0.141. The lowest BCUT2D eigenvalue weighted by Crippen LogP contribution is -2.59. The summed E-state index contributed by atoms with van der Waals surface area (Å²) in [5.74, 6) is -0.640. The number of fused-ring (bicyclic) bond motifs is 2. The van der Waals surface area contributed by atoms with E-state index in [2.05, 4.69) is 19.3 Å². The van der Waals surface area contributed by atoms with Gasteiger partial charge in [0.2, 0.25) is 0 Å². The van der Waals surface area contributed by atoms with Crippen LogP contribution in [0.4, 0.5) is 0 Å². The number of amides is 6. The Balaban J connectivity index is 1.02. The van der Waals surface area contributed by atoms with Crippen molar-refractivity contribution in [2.24, 2.45) is 0 Å². The number of hydrazine groups is 1. The van der Waals surface area contributed by atoms with E-state index in [1.807, 2.05) is 62.4 Å². The molecule has 3 aliphatic rings. The van der Waals surface area contributed by atoms with Gasteiger partial charge in [-0.1, -0.05) is 52.0 Å². The zero-order valence-corrected chi connectivity index (χ0v) is 30.5. The molecule has 3 heterocycles. The summed E-state index contributed by atoms with van der Waals surface area (Å²) in [6, 6.07) is 25.0. The van der Waals surface area contributed by atoms with Crippen LogP contribution in [0.5, 0.6) is 23.0 Å². The van der Waals surface area contributed by atoms with E-state index in [1.165, 1.54) is 11.9 Å². The van der Waals surface area contributed by atoms with Gasteiger partial charge in [0, 0.05) is 31.2 Å². The second kappa shape index (κ2) is 13.5. The maximum absolute atomic E-state index is 13.8. The van der Waals surface area contributed by atoms with Crippen molar-refractivity contribution in [1.29, 1.82) is 0 Å². The highest BCUT2D eigenvalue weighted by Crippen LogP contribution is 2.38. The third-order valence-corrected chi connectivity index (χ3v) is 10.7. The number of benzene rings is 4. The molecule has 6 amide bonds. The lowest BCUT2D eigenvalue weighted by atomic mass is 9.78. The van der Waals surface area contributed by atoms with Gasteiger partial charge in [-0.2, -0.15) is 0 Å². The second-order valence-corrected chi connectivity index (χ2v) is 14.0. The fraction of sp³-hybridized carbons (Fsp3) is 0.238. The number of ether oxygens (including phenoxy) is 2. The zero-order valence-electron chi connectivity index (χ0n) is 30.5. The molecule has 0 bridgehead atoms. The van der Waals surface area contributed by atoms with E-state index < -0.39 is 34.6 Å². The van der Waals surface area contributed by atoms with Gasteiger partial charge in [-0.25, -0.2) is 10.4 Å². The van der Waals surface area contributed by atoms with Crippen molar-refractivity contribution in [2.75, 3.05) is 13.6 Å². The Morgan fingerprint density at radius 3 is 1.44 bits per heavy atom. The van der Waals surface area contributed by atoms with Crippen molar-refractivity contribution in [3.63, 3.8) is 0 Å². The summed E-state index contributed by atoms with van der Waals surface area (Å²) in [6.07, 6.45) is 3.13. The third kappa shape index (κ3) is 6.03. The standard InChI is InChI=1S/C42H38N4O8/c1-6-42(7-2,24-43-46-35(47)20-21-36(46)48)45-39(51)32-19-17-30(23-34(32)40(45)52)54-28-14-10-26(11-15-28)41(3,4)25-8-12-27(13-9-25)53-29-16-18-31-33(22-29)38(50)44(5)37(31)49/h8-23,43H,6-7,24H2,1-5H3. The third-order valence-electron chi connectivity index (χ3n) is 10.7. The molecule has 0 atom stereocenters. The van der Waals surface area contributed by atoms with Gasteiger partial charge in [0.25, 0.3) is 35.4 Å². The highest BCUT2D eigenvalue weighted by atomic mass is 16.5. The molecule has 0 unspecified atom stereocenters. The minimum Gasteiger partial charge on any atom is -0.457 e. The van der Waals surface area contributed by atoms with Crippen LogP contribution in [0.25, 0.3) is 0 Å². The largest absolute Gasteiger partial charge is 0.457 e. The summed E-state index contributed by atoms with van der Waals surface area (Å²) < 4.78 is 12.2. The van der Waals surface area contributed by atoms with Crippen molar-refractivity contribution in [3.8, 4) is 23.0 Å². The molecule has 54 heavy (non-hydrogen) atoms. The molecule has 0 saturated heterocycles. The van der Waals surface area contributed by atoms with Crippen molar-refractivity contribution in [1.82, 2.24) is 20.2 Å². The molecule has 4 aromatic rings. The van der Waals surface area contributed by atoms with E-state index in [4.69, 9.17) is 9.47 Å². The van der Waals surface area contributed by atoms with E-state index >= 15 is 0 Å². The molecule has 274 valence electrons. The molecule has 1 N–H and O–H groups in total. The van der Waals surface area contributed by atoms with Gasteiger partial charge in [-0.05, 0) is 84.6 Å². The fourth-order valence-corrected chi connectivity index (χ4v) is 7.11. The number of hydrogen-bond acceptors (Lipinski definition) is 9. The summed E-state index contributed by atoms with van der Waals surface area (Å²) >= 11 is 0. The van der Waals surface area contributed by atoms with Gasteiger partial charge >= 0.3 is 0 Å². The Labute approximate surface area is 311 Å². The maximum Gasteiger partial charge on any atom is 0.268 e. The number of nitrogens with one attached hydrogen (secondary N) is 1. The molecule has 3 aliphatic heterocycles. The van der Waals surface area contributed by atoms with E-state index in [9.17, 15) is 28.8 Å². The number of imide groups is 3. The van der Waals surface area contributed by atoms with Crippen LogP contribution >= 0.6 is 0 Å². The average Bonchev–Trinajstić information content (AvgIpc) is 3.71. The SMILES string of the molecule is CCC(CC)(CNN1C(=O)C=CC1=O)N1C(=O)c2ccc(Oc3ccc(C(C)(C)c4ccc(Oc5ccc6c(c5)C(=O)N(C)C6=O)cc4)cc3)cc2C1=O. The minimum atomic E-state index is -0.989. The first-order chi connectivity index (χ1) is 25.8. The highest BCUT2D eigenvalue weighted by molar-refractivity contribution is 6.22. The summed E-state index contributed by atoms with van der Waals surface area (Å²) in [7, 11) is 1.46. The number of rotatable bonds is 12. The molecule has 0 aromatic heterocycles. The van der Waals surface area contributed by atoms with Crippen LogP contribution in [0.1, 0.15) is 93.1 Å². The van der Waals surface area contributed by atoms with Crippen LogP contribution in [0.15, 0.2) is 97.1 Å². The quantitative estimate of drug-likeness (QED) is 0.164. The Hall–Kier alpha value is -6.40. The predicted octanol–water partition coefficient (Wildman–Crippen LogP) is 6.41. The topological polar surface area (TPSA) is 143 Å². The lowest BCUT2D eigenvalue weighted by Gasteiger charge is -2.40. The van der Waals surface area contributed by atoms with E-state index in [0.717, 1.165) is 33.2 Å². The number of carbonyl (C=O) groups excluding carboxylic acids is 6. The maximum atomic E-state index is 13.8. The predicted molar refractivity (Wildman–Crippen MR) is 197 cm³/mol. The summed E-state index contributed by atoms with van der Waals surface area (Å²) in [5.41, 5.74) is 4.68. The molecule has 0 radical (unpaired) electrons. The number of hydrogen-bond donors (Lipinski definition) is 1. The molecule has 0 saturated carbocycles. The molecule has 12 heteroatoms. The van der Waals surface area contributed by atoms with Gasteiger partial charge < -0.3 is 9.47 Å². The van der Waals surface area contributed by atoms with Crippen LogP contribution in [0.3, 0.4) is 0 Å². The Kier molecular flexibility index (Phi) is 9.02. The van der Waals surface area contributed by atoms with Gasteiger partial charge in [-0.3, -0.25) is 38.6 Å². The molecule has 4 aromatic carbocycles. The Bertz CT molecular complexity index is 2250. The molecule has 0 fully saturated rings. The van der Waals surface area contributed by atoms with E-state index in [1.54, 1.807) is 36.4 Å². The molecule has 7 rings (SSSR count). The Morgan fingerprint density at radius 2 is 0.963 bits per heavy atom. The van der Waals surface area contributed by atoms with Gasteiger partial charge in [-0.15, -0.1) is 0 Å². The van der Waals surface area contributed by atoms with Crippen molar-refractivity contribution in [2.45, 2.75) is 51.5 Å². The first-order valence-corrected chi connectivity index (χ1v) is 17.6. The van der Waals surface area contributed by atoms with Crippen LogP contribution < -0.4 is 14.9 Å². The summed E-state index contributed by atoms with van der Waals surface area (Å²) in [5, 5.41) is 0.884. The first kappa shape index (κ1) is 36.0. The Morgan fingerprint density at radius 1 is 0.556 bits per heavy atom. The summed E-state index contributed by atoms with van der Waals surface area (Å²) in [4.78, 5) is 78.6. The van der Waals surface area contributed by atoms with Crippen LogP contribution in [0, 0.1) is 0 Å². The molecular formula is C42H38N4O8. The van der Waals surface area contributed by atoms with Gasteiger partial charge in [0.15, 0.2) is 0 Å². The average molecular weight is 727 g/mol. The molecule has 0 aliphatic carbocycles.